The smallest absolute Gasteiger partial charge is 0.231 e. The lowest BCUT2D eigenvalue weighted by Gasteiger charge is -2.21. The fourth-order valence-electron chi connectivity index (χ4n) is 4.86. The van der Waals surface area contributed by atoms with Gasteiger partial charge in [-0.3, -0.25) is 14.9 Å². The molecule has 1 atom stereocenters. The fourth-order valence-corrected chi connectivity index (χ4v) is 4.86. The first-order chi connectivity index (χ1) is 16.7. The molecule has 2 aromatic heterocycles. The number of hydrogen-bond donors (Lipinski definition) is 1. The summed E-state index contributed by atoms with van der Waals surface area (Å²) in [6.07, 6.45) is 4.39. The van der Waals surface area contributed by atoms with E-state index in [0.29, 0.717) is 24.5 Å². The predicted octanol–water partition coefficient (Wildman–Crippen LogP) is 3.87. The van der Waals surface area contributed by atoms with Gasteiger partial charge in [0.2, 0.25) is 6.79 Å². The van der Waals surface area contributed by atoms with E-state index in [1.165, 1.54) is 0 Å². The number of rotatable bonds is 5. The van der Waals surface area contributed by atoms with Crippen LogP contribution in [0.5, 0.6) is 17.2 Å². The molecule has 0 bridgehead atoms. The van der Waals surface area contributed by atoms with Crippen molar-refractivity contribution in [3.8, 4) is 28.4 Å². The number of fused-ring (bicyclic) bond motifs is 3. The zero-order chi connectivity index (χ0) is 23.2. The Hall–Kier alpha value is -4.17. The van der Waals surface area contributed by atoms with Crippen molar-refractivity contribution in [1.29, 1.82) is 0 Å². The number of carbonyl (C=O) groups excluding carboxylic acids is 1. The third kappa shape index (κ3) is 3.14. The Morgan fingerprint density at radius 1 is 1.18 bits per heavy atom. The van der Waals surface area contributed by atoms with Gasteiger partial charge in [0.15, 0.2) is 11.5 Å². The number of pyridine rings is 2. The molecule has 34 heavy (non-hydrogen) atoms. The Bertz CT molecular complexity index is 1440. The minimum atomic E-state index is -0.478. The zero-order valence-corrected chi connectivity index (χ0v) is 18.5. The van der Waals surface area contributed by atoms with Crippen molar-refractivity contribution in [2.24, 2.45) is 0 Å². The van der Waals surface area contributed by atoms with Crippen LogP contribution in [0.2, 0.25) is 0 Å². The third-order valence-corrected chi connectivity index (χ3v) is 6.46. The summed E-state index contributed by atoms with van der Waals surface area (Å²) >= 11 is 0. The molecule has 0 fully saturated rings. The first kappa shape index (κ1) is 20.4. The number of benzene rings is 2. The van der Waals surface area contributed by atoms with Crippen LogP contribution < -0.4 is 19.9 Å². The van der Waals surface area contributed by atoms with Gasteiger partial charge in [0.25, 0.3) is 0 Å². The molecule has 0 saturated carbocycles. The number of methoxy groups -OCH3 is 1. The van der Waals surface area contributed by atoms with Crippen molar-refractivity contribution in [2.75, 3.05) is 19.6 Å². The quantitative estimate of drug-likeness (QED) is 0.454. The summed E-state index contributed by atoms with van der Waals surface area (Å²) in [5.41, 5.74) is 12.3. The van der Waals surface area contributed by atoms with Crippen molar-refractivity contribution < 1.29 is 19.0 Å². The summed E-state index contributed by atoms with van der Waals surface area (Å²) in [6, 6.07) is 13.0. The van der Waals surface area contributed by atoms with Crippen molar-refractivity contribution in [3.63, 3.8) is 0 Å². The van der Waals surface area contributed by atoms with Gasteiger partial charge in [0, 0.05) is 53.2 Å². The molecule has 2 aliphatic heterocycles. The summed E-state index contributed by atoms with van der Waals surface area (Å²) in [7, 11) is 1.63. The van der Waals surface area contributed by atoms with Crippen LogP contribution >= 0.6 is 0 Å². The summed E-state index contributed by atoms with van der Waals surface area (Å²) in [5.74, 6) is 2.16. The highest BCUT2D eigenvalue weighted by Gasteiger charge is 2.34. The fraction of sp³-hybridized carbons (Fsp3) is 0.192. The second-order valence-corrected chi connectivity index (χ2v) is 8.34. The van der Waals surface area contributed by atoms with Crippen LogP contribution in [-0.4, -0.2) is 35.1 Å². The van der Waals surface area contributed by atoms with E-state index < -0.39 is 6.04 Å². The van der Waals surface area contributed by atoms with Crippen LogP contribution in [0.4, 0.5) is 5.69 Å². The minimum absolute atomic E-state index is 0.224. The number of nitrogens with zero attached hydrogens (tertiary/aromatic N) is 3. The number of anilines is 1. The Morgan fingerprint density at radius 3 is 2.91 bits per heavy atom. The standard InChI is InChI=1S/C26H22N4O4/c1-32-21-7-8-28-10-18(21)16-3-2-4-17-25(27)24-19(29-26(16)17)12-30(20(24)13-31)11-15-5-6-22-23(9-15)34-14-33-22/h2-10,13,20H,11-12,14H2,1H3,(H2,27,29). The van der Waals surface area contributed by atoms with Crippen LogP contribution in [0, 0.1) is 0 Å². The molecule has 2 aliphatic rings. The lowest BCUT2D eigenvalue weighted by atomic mass is 9.98. The molecule has 0 saturated heterocycles. The molecule has 170 valence electrons. The highest BCUT2D eigenvalue weighted by molar-refractivity contribution is 6.02. The summed E-state index contributed by atoms with van der Waals surface area (Å²) in [4.78, 5) is 23.6. The molecular weight excluding hydrogens is 432 g/mol. The van der Waals surface area contributed by atoms with Gasteiger partial charge in [-0.2, -0.15) is 0 Å². The maximum absolute atomic E-state index is 12.2. The first-order valence-electron chi connectivity index (χ1n) is 10.9. The van der Waals surface area contributed by atoms with Crippen molar-refractivity contribution in [2.45, 2.75) is 19.1 Å². The molecule has 8 heteroatoms. The van der Waals surface area contributed by atoms with E-state index in [1.54, 1.807) is 19.5 Å². The molecule has 0 radical (unpaired) electrons. The number of carbonyl (C=O) groups is 1. The van der Waals surface area contributed by atoms with Crippen LogP contribution in [-0.2, 0) is 17.9 Å². The molecule has 2 N–H and O–H groups in total. The first-order valence-corrected chi connectivity index (χ1v) is 10.9. The summed E-state index contributed by atoms with van der Waals surface area (Å²) in [6.45, 7) is 1.28. The second-order valence-electron chi connectivity index (χ2n) is 8.34. The van der Waals surface area contributed by atoms with Crippen LogP contribution in [0.25, 0.3) is 22.0 Å². The number of nitrogen functional groups attached to an aromatic ring is 1. The lowest BCUT2D eigenvalue weighted by molar-refractivity contribution is -0.112. The second kappa shape index (κ2) is 8.00. The van der Waals surface area contributed by atoms with E-state index in [-0.39, 0.29) is 6.79 Å². The van der Waals surface area contributed by atoms with Crippen molar-refractivity contribution in [1.82, 2.24) is 14.9 Å². The Kier molecular flexibility index (Phi) is 4.81. The maximum Gasteiger partial charge on any atom is 0.231 e. The van der Waals surface area contributed by atoms with Gasteiger partial charge in [-0.1, -0.05) is 24.3 Å². The molecule has 0 spiro atoms. The van der Waals surface area contributed by atoms with Gasteiger partial charge in [0.05, 0.1) is 24.4 Å². The minimum Gasteiger partial charge on any atom is -0.496 e. The average Bonchev–Trinajstić information content (AvgIpc) is 3.47. The molecule has 4 heterocycles. The number of hydrogen-bond acceptors (Lipinski definition) is 8. The maximum atomic E-state index is 12.2. The van der Waals surface area contributed by atoms with Crippen LogP contribution in [0.15, 0.2) is 54.9 Å². The Labute approximate surface area is 195 Å². The van der Waals surface area contributed by atoms with Gasteiger partial charge in [-0.15, -0.1) is 0 Å². The lowest BCUT2D eigenvalue weighted by Crippen LogP contribution is -2.23. The van der Waals surface area contributed by atoms with E-state index in [9.17, 15) is 4.79 Å². The van der Waals surface area contributed by atoms with Gasteiger partial charge in [-0.05, 0) is 23.8 Å². The molecule has 0 aliphatic carbocycles. The topological polar surface area (TPSA) is 99.8 Å². The van der Waals surface area contributed by atoms with Gasteiger partial charge in [-0.25, -0.2) is 0 Å². The number of para-hydroxylation sites is 1. The van der Waals surface area contributed by atoms with E-state index in [2.05, 4.69) is 9.88 Å². The van der Waals surface area contributed by atoms with Gasteiger partial charge in [0.1, 0.15) is 12.0 Å². The summed E-state index contributed by atoms with van der Waals surface area (Å²) < 4.78 is 16.5. The molecule has 2 aromatic carbocycles. The Balaban J connectivity index is 1.43. The Morgan fingerprint density at radius 2 is 2.06 bits per heavy atom. The molecule has 0 amide bonds. The number of ether oxygens (including phenoxy) is 3. The third-order valence-electron chi connectivity index (χ3n) is 6.46. The van der Waals surface area contributed by atoms with Crippen LogP contribution in [0.1, 0.15) is 22.9 Å². The zero-order valence-electron chi connectivity index (χ0n) is 18.5. The normalized spacial score (nSPS) is 16.6. The van der Waals surface area contributed by atoms with Gasteiger partial charge < -0.3 is 24.7 Å². The SMILES string of the molecule is COc1ccncc1-c1cccc2c(N)c3c(nc12)CN(Cc1ccc2c(c1)OCO2)C3C=O. The number of aromatic nitrogens is 2. The predicted molar refractivity (Wildman–Crippen MR) is 127 cm³/mol. The highest BCUT2D eigenvalue weighted by atomic mass is 16.7. The van der Waals surface area contributed by atoms with Gasteiger partial charge >= 0.3 is 0 Å². The van der Waals surface area contributed by atoms with Crippen LogP contribution in [0.3, 0.4) is 0 Å². The van der Waals surface area contributed by atoms with E-state index in [0.717, 1.165) is 56.6 Å². The molecule has 8 nitrogen and oxygen atoms in total. The monoisotopic (exact) mass is 454 g/mol. The molecular formula is C26H22N4O4. The summed E-state index contributed by atoms with van der Waals surface area (Å²) in [5, 5.41) is 0.805. The van der Waals surface area contributed by atoms with E-state index >= 15 is 0 Å². The molecule has 1 unspecified atom stereocenters. The largest absolute Gasteiger partial charge is 0.496 e. The van der Waals surface area contributed by atoms with E-state index in [4.69, 9.17) is 24.9 Å². The molecule has 4 aromatic rings. The average molecular weight is 454 g/mol. The van der Waals surface area contributed by atoms with Crippen molar-refractivity contribution in [3.05, 3.63) is 71.7 Å². The van der Waals surface area contributed by atoms with E-state index in [1.807, 2.05) is 42.5 Å². The molecule has 6 rings (SSSR count). The van der Waals surface area contributed by atoms with Crippen molar-refractivity contribution >= 4 is 22.9 Å². The number of nitrogens with two attached hydrogens (primary N) is 1. The highest BCUT2D eigenvalue weighted by Crippen LogP contribution is 2.43. The number of aldehydes is 1.